The Labute approximate surface area is 100 Å². The van der Waals surface area contributed by atoms with E-state index in [0.29, 0.717) is 20.8 Å². The number of ether oxygens (including phenoxy) is 1. The minimum atomic E-state index is -0.181. The van der Waals surface area contributed by atoms with Crippen molar-refractivity contribution in [1.29, 1.82) is 0 Å². The topological polar surface area (TPSA) is 26.3 Å². The van der Waals surface area contributed by atoms with Gasteiger partial charge in [0.25, 0.3) is 0 Å². The van der Waals surface area contributed by atoms with Crippen molar-refractivity contribution in [3.8, 4) is 5.75 Å². The van der Waals surface area contributed by atoms with E-state index < -0.39 is 0 Å². The quantitative estimate of drug-likeness (QED) is 0.630. The van der Waals surface area contributed by atoms with Crippen LogP contribution in [0.4, 0.5) is 0 Å². The van der Waals surface area contributed by atoms with Crippen LogP contribution in [0.2, 0.25) is 5.02 Å². The van der Waals surface area contributed by atoms with Gasteiger partial charge in [-0.05, 0) is 28.1 Å². The molecular formula is C9H7BrCl2O2. The fraction of sp³-hybridized carbons (Fsp3) is 0.222. The van der Waals surface area contributed by atoms with Crippen molar-refractivity contribution in [3.63, 3.8) is 0 Å². The molecule has 0 radical (unpaired) electrons. The average Bonchev–Trinajstić information content (AvgIpc) is 2.20. The summed E-state index contributed by atoms with van der Waals surface area (Å²) in [7, 11) is 1.51. The van der Waals surface area contributed by atoms with E-state index in [9.17, 15) is 4.79 Å². The monoisotopic (exact) mass is 296 g/mol. The highest BCUT2D eigenvalue weighted by Gasteiger charge is 2.11. The lowest BCUT2D eigenvalue weighted by Crippen LogP contribution is -2.01. The molecule has 0 saturated carbocycles. The Hall–Kier alpha value is -0.250. The minimum Gasteiger partial charge on any atom is -0.495 e. The number of rotatable bonds is 3. The fourth-order valence-electron chi connectivity index (χ4n) is 0.951. The van der Waals surface area contributed by atoms with Gasteiger partial charge in [0.1, 0.15) is 5.75 Å². The van der Waals surface area contributed by atoms with Crippen LogP contribution in [-0.2, 0) is 0 Å². The second-order valence-electron chi connectivity index (χ2n) is 2.53. The summed E-state index contributed by atoms with van der Waals surface area (Å²) in [6, 6.07) is 3.15. The van der Waals surface area contributed by atoms with Crippen molar-refractivity contribution in [2.24, 2.45) is 0 Å². The van der Waals surface area contributed by atoms with Crippen molar-refractivity contribution in [2.75, 3.05) is 13.0 Å². The van der Waals surface area contributed by atoms with Gasteiger partial charge in [-0.15, -0.1) is 11.6 Å². The lowest BCUT2D eigenvalue weighted by atomic mass is 10.1. The van der Waals surface area contributed by atoms with Crippen LogP contribution >= 0.6 is 39.1 Å². The molecule has 2 nitrogen and oxygen atoms in total. The largest absolute Gasteiger partial charge is 0.495 e. The molecule has 0 heterocycles. The molecule has 1 aromatic rings. The van der Waals surface area contributed by atoms with Gasteiger partial charge >= 0.3 is 0 Å². The van der Waals surface area contributed by atoms with E-state index >= 15 is 0 Å². The maximum atomic E-state index is 11.3. The Bertz CT molecular complexity index is 366. The number of benzene rings is 1. The average molecular weight is 298 g/mol. The van der Waals surface area contributed by atoms with Crippen molar-refractivity contribution in [2.45, 2.75) is 0 Å². The van der Waals surface area contributed by atoms with Gasteiger partial charge in [0.2, 0.25) is 0 Å². The smallest absolute Gasteiger partial charge is 0.177 e. The molecule has 0 aliphatic rings. The zero-order valence-corrected chi connectivity index (χ0v) is 10.4. The maximum Gasteiger partial charge on any atom is 0.177 e. The van der Waals surface area contributed by atoms with Crippen LogP contribution in [0, 0.1) is 0 Å². The first-order chi connectivity index (χ1) is 6.60. The third-order valence-corrected chi connectivity index (χ3v) is 3.25. The molecule has 0 N–H and O–H groups in total. The number of carbonyl (C=O) groups excluding carboxylic acids is 1. The van der Waals surface area contributed by atoms with Gasteiger partial charge in [-0.25, -0.2) is 0 Å². The molecule has 0 aromatic heterocycles. The van der Waals surface area contributed by atoms with Crippen molar-refractivity contribution >= 4 is 44.9 Å². The first kappa shape index (κ1) is 11.8. The maximum absolute atomic E-state index is 11.3. The first-order valence-corrected chi connectivity index (χ1v) is 5.43. The van der Waals surface area contributed by atoms with E-state index in [4.69, 9.17) is 27.9 Å². The number of ketones is 1. The number of methoxy groups -OCH3 is 1. The number of Topliss-reactive ketones (excluding diaryl/α,β-unsaturated/α-hetero) is 1. The van der Waals surface area contributed by atoms with Crippen LogP contribution < -0.4 is 4.74 Å². The standard InChI is InChI=1S/C9H7BrCl2O2/c1-14-8-3-5(7(13)4-11)2-6(12)9(8)10/h2-3H,4H2,1H3. The predicted octanol–water partition coefficient (Wildman–Crippen LogP) is 3.53. The van der Waals surface area contributed by atoms with Crippen molar-refractivity contribution in [1.82, 2.24) is 0 Å². The Morgan fingerprint density at radius 2 is 2.21 bits per heavy atom. The molecule has 1 rings (SSSR count). The van der Waals surface area contributed by atoms with Crippen LogP contribution in [0.25, 0.3) is 0 Å². The zero-order valence-electron chi connectivity index (χ0n) is 7.31. The highest BCUT2D eigenvalue weighted by Crippen LogP contribution is 2.33. The summed E-state index contributed by atoms with van der Waals surface area (Å²) in [4.78, 5) is 11.3. The number of hydrogen-bond donors (Lipinski definition) is 0. The Balaban J connectivity index is 3.22. The fourth-order valence-corrected chi connectivity index (χ4v) is 1.71. The molecule has 5 heteroatoms. The highest BCUT2D eigenvalue weighted by atomic mass is 79.9. The lowest BCUT2D eigenvalue weighted by Gasteiger charge is -2.07. The van der Waals surface area contributed by atoms with Crippen molar-refractivity contribution < 1.29 is 9.53 Å². The molecule has 0 unspecified atom stereocenters. The van der Waals surface area contributed by atoms with Crippen molar-refractivity contribution in [3.05, 3.63) is 27.2 Å². The molecule has 0 amide bonds. The molecule has 0 aliphatic carbocycles. The lowest BCUT2D eigenvalue weighted by molar-refractivity contribution is 0.102. The molecule has 0 spiro atoms. The van der Waals surface area contributed by atoms with Crippen LogP contribution in [0.3, 0.4) is 0 Å². The molecule has 0 bridgehead atoms. The van der Waals surface area contributed by atoms with Gasteiger partial charge in [-0.1, -0.05) is 11.6 Å². The van der Waals surface area contributed by atoms with Gasteiger partial charge in [0, 0.05) is 5.56 Å². The molecule has 0 aliphatic heterocycles. The summed E-state index contributed by atoms with van der Waals surface area (Å²) in [6.45, 7) is 0. The molecular weight excluding hydrogens is 291 g/mol. The summed E-state index contributed by atoms with van der Waals surface area (Å²) in [5, 5.41) is 0.429. The number of alkyl halides is 1. The Kier molecular flexibility index (Phi) is 4.23. The second-order valence-corrected chi connectivity index (χ2v) is 4.00. The third kappa shape index (κ3) is 2.41. The molecule has 0 atom stereocenters. The number of hydrogen-bond acceptors (Lipinski definition) is 2. The Morgan fingerprint density at radius 3 is 2.71 bits per heavy atom. The van der Waals surface area contributed by atoms with E-state index in [1.54, 1.807) is 12.1 Å². The highest BCUT2D eigenvalue weighted by molar-refractivity contribution is 9.10. The van der Waals surface area contributed by atoms with Gasteiger partial charge in [0.15, 0.2) is 5.78 Å². The summed E-state index contributed by atoms with van der Waals surface area (Å²) in [6.07, 6.45) is 0. The van der Waals surface area contributed by atoms with Crippen LogP contribution in [0.15, 0.2) is 16.6 Å². The SMILES string of the molecule is COc1cc(C(=O)CCl)cc(Cl)c1Br. The summed E-state index contributed by atoms with van der Waals surface area (Å²) >= 11 is 14.5. The second kappa shape index (κ2) is 5.01. The van der Waals surface area contributed by atoms with E-state index in [-0.39, 0.29) is 11.7 Å². The van der Waals surface area contributed by atoms with E-state index in [0.717, 1.165) is 0 Å². The molecule has 0 saturated heterocycles. The van der Waals surface area contributed by atoms with Gasteiger partial charge in [0.05, 0.1) is 22.5 Å². The van der Waals surface area contributed by atoms with Crippen LogP contribution in [0.5, 0.6) is 5.75 Å². The molecule has 14 heavy (non-hydrogen) atoms. The van der Waals surface area contributed by atoms with Gasteiger partial charge in [-0.3, -0.25) is 4.79 Å². The van der Waals surface area contributed by atoms with Gasteiger partial charge in [-0.2, -0.15) is 0 Å². The Morgan fingerprint density at radius 1 is 1.57 bits per heavy atom. The summed E-state index contributed by atoms with van der Waals surface area (Å²) in [5.74, 6) is 0.270. The third-order valence-electron chi connectivity index (χ3n) is 1.66. The minimum absolute atomic E-state index is 0.0683. The molecule has 1 aromatic carbocycles. The summed E-state index contributed by atoms with van der Waals surface area (Å²) in [5.41, 5.74) is 0.449. The van der Waals surface area contributed by atoms with E-state index in [2.05, 4.69) is 15.9 Å². The van der Waals surface area contributed by atoms with E-state index in [1.165, 1.54) is 7.11 Å². The molecule has 0 fully saturated rings. The predicted molar refractivity (Wildman–Crippen MR) is 60.8 cm³/mol. The summed E-state index contributed by atoms with van der Waals surface area (Å²) < 4.78 is 5.67. The van der Waals surface area contributed by atoms with Gasteiger partial charge < -0.3 is 4.74 Å². The number of halogens is 3. The first-order valence-electron chi connectivity index (χ1n) is 3.72. The van der Waals surface area contributed by atoms with Crippen LogP contribution in [-0.4, -0.2) is 18.8 Å². The van der Waals surface area contributed by atoms with E-state index in [1.807, 2.05) is 0 Å². The zero-order chi connectivity index (χ0) is 10.7. The van der Waals surface area contributed by atoms with Crippen LogP contribution in [0.1, 0.15) is 10.4 Å². The normalized spacial score (nSPS) is 10.0. The molecule has 76 valence electrons. The number of carbonyl (C=O) groups is 1.